The second-order valence-corrected chi connectivity index (χ2v) is 4.32. The highest BCUT2D eigenvalue weighted by molar-refractivity contribution is 7.80. The summed E-state index contributed by atoms with van der Waals surface area (Å²) in [5, 5.41) is 0. The zero-order chi connectivity index (χ0) is 10.8. The molecule has 1 aromatic carbocycles. The van der Waals surface area contributed by atoms with E-state index in [1.807, 2.05) is 24.3 Å². The summed E-state index contributed by atoms with van der Waals surface area (Å²) < 4.78 is 5.19. The molecule has 0 N–H and O–H groups in total. The third-order valence-electron chi connectivity index (χ3n) is 2.53. The van der Waals surface area contributed by atoms with Crippen LogP contribution in [0, 0.1) is 0 Å². The number of benzene rings is 1. The van der Waals surface area contributed by atoms with Crippen molar-refractivity contribution < 1.29 is 4.74 Å². The van der Waals surface area contributed by atoms with Crippen LogP contribution in [0.3, 0.4) is 0 Å². The fourth-order valence-corrected chi connectivity index (χ4v) is 1.44. The van der Waals surface area contributed by atoms with E-state index < -0.39 is 0 Å². The molecule has 0 radical (unpaired) electrons. The van der Waals surface area contributed by atoms with Crippen LogP contribution < -0.4 is 0 Å². The van der Waals surface area contributed by atoms with Crippen LogP contribution >= 0.6 is 12.6 Å². The average Bonchev–Trinajstić information content (AvgIpc) is 2.17. The maximum atomic E-state index is 5.19. The molecular weight excluding hydrogens is 192 g/mol. The quantitative estimate of drug-likeness (QED) is 0.591. The van der Waals surface area contributed by atoms with Gasteiger partial charge in [0, 0.05) is 10.3 Å². The first kappa shape index (κ1) is 11.2. The zero-order valence-electron chi connectivity index (χ0n) is 8.87. The van der Waals surface area contributed by atoms with Gasteiger partial charge in [-0.25, -0.2) is 0 Å². The van der Waals surface area contributed by atoms with Crippen molar-refractivity contribution in [3.05, 3.63) is 42.2 Å². The molecule has 0 heterocycles. The van der Waals surface area contributed by atoms with E-state index in [9.17, 15) is 0 Å². The zero-order valence-corrected chi connectivity index (χ0v) is 9.77. The number of rotatable bonds is 3. The molecule has 1 aromatic rings. The fourth-order valence-electron chi connectivity index (χ4n) is 1.29. The molecule has 14 heavy (non-hydrogen) atoms. The molecule has 0 aromatic heterocycles. The molecule has 2 heteroatoms. The van der Waals surface area contributed by atoms with Gasteiger partial charge in [-0.2, -0.15) is 0 Å². The number of allylic oxidation sites excluding steroid dienone is 1. The Balaban J connectivity index is 3.03. The first-order chi connectivity index (χ1) is 6.48. The molecule has 0 unspecified atom stereocenters. The predicted molar refractivity (Wildman–Crippen MR) is 62.9 cm³/mol. The third kappa shape index (κ3) is 2.13. The van der Waals surface area contributed by atoms with Crippen molar-refractivity contribution in [1.29, 1.82) is 0 Å². The van der Waals surface area contributed by atoms with Crippen LogP contribution in [0.4, 0.5) is 0 Å². The monoisotopic (exact) mass is 208 g/mol. The molecule has 0 aliphatic rings. The Kier molecular flexibility index (Phi) is 3.27. The molecular formula is C12H16OS. The van der Waals surface area contributed by atoms with Crippen molar-refractivity contribution in [3.8, 4) is 0 Å². The first-order valence-corrected chi connectivity index (χ1v) is 4.96. The highest BCUT2D eigenvalue weighted by Crippen LogP contribution is 2.30. The summed E-state index contributed by atoms with van der Waals surface area (Å²) in [7, 11) is 1.65. The van der Waals surface area contributed by atoms with Crippen molar-refractivity contribution in [1.82, 2.24) is 0 Å². The van der Waals surface area contributed by atoms with Crippen molar-refractivity contribution in [2.24, 2.45) is 0 Å². The van der Waals surface area contributed by atoms with Crippen LogP contribution in [0.2, 0.25) is 0 Å². The Morgan fingerprint density at radius 2 is 1.79 bits per heavy atom. The van der Waals surface area contributed by atoms with E-state index in [-0.39, 0.29) is 5.41 Å². The summed E-state index contributed by atoms with van der Waals surface area (Å²) in [6.45, 7) is 8.08. The summed E-state index contributed by atoms with van der Waals surface area (Å²) in [5.74, 6) is 0.768. The minimum Gasteiger partial charge on any atom is -0.501 e. The van der Waals surface area contributed by atoms with Gasteiger partial charge in [0.25, 0.3) is 0 Å². The second-order valence-electron chi connectivity index (χ2n) is 3.80. The van der Waals surface area contributed by atoms with Gasteiger partial charge >= 0.3 is 0 Å². The van der Waals surface area contributed by atoms with E-state index in [1.54, 1.807) is 7.11 Å². The minimum absolute atomic E-state index is 0.157. The lowest BCUT2D eigenvalue weighted by Gasteiger charge is -2.26. The van der Waals surface area contributed by atoms with Gasteiger partial charge in [0.2, 0.25) is 0 Å². The summed E-state index contributed by atoms with van der Waals surface area (Å²) in [4.78, 5) is 0.965. The summed E-state index contributed by atoms with van der Waals surface area (Å²) in [6, 6.07) is 8.05. The van der Waals surface area contributed by atoms with Crippen molar-refractivity contribution >= 4 is 12.6 Å². The van der Waals surface area contributed by atoms with Gasteiger partial charge in [-0.15, -0.1) is 12.6 Å². The van der Waals surface area contributed by atoms with Crippen LogP contribution in [0.25, 0.3) is 0 Å². The molecule has 0 aliphatic heterocycles. The molecule has 1 nitrogen and oxygen atoms in total. The maximum Gasteiger partial charge on any atom is 0.0983 e. The number of hydrogen-bond donors (Lipinski definition) is 1. The van der Waals surface area contributed by atoms with Gasteiger partial charge in [-0.05, 0) is 31.5 Å². The molecule has 0 bridgehead atoms. The standard InChI is InChI=1S/C12H16OS/c1-9(13-4)12(2,3)10-5-7-11(14)8-6-10/h5-8,14H,1H2,2-4H3. The van der Waals surface area contributed by atoms with Gasteiger partial charge in [0.05, 0.1) is 12.9 Å². The molecule has 0 spiro atoms. The Bertz CT molecular complexity index is 325. The number of hydrogen-bond acceptors (Lipinski definition) is 2. The third-order valence-corrected chi connectivity index (χ3v) is 2.83. The highest BCUT2D eigenvalue weighted by Gasteiger charge is 2.24. The molecule has 0 amide bonds. The van der Waals surface area contributed by atoms with Gasteiger partial charge in [-0.1, -0.05) is 18.7 Å². The lowest BCUT2D eigenvalue weighted by molar-refractivity contribution is 0.237. The molecule has 0 saturated carbocycles. The van der Waals surface area contributed by atoms with E-state index in [1.165, 1.54) is 5.56 Å². The molecule has 0 atom stereocenters. The lowest BCUT2D eigenvalue weighted by atomic mass is 9.83. The van der Waals surface area contributed by atoms with Crippen molar-refractivity contribution in [2.75, 3.05) is 7.11 Å². The van der Waals surface area contributed by atoms with E-state index in [4.69, 9.17) is 4.74 Å². The van der Waals surface area contributed by atoms with Gasteiger partial charge in [0.1, 0.15) is 0 Å². The van der Waals surface area contributed by atoms with Crippen molar-refractivity contribution in [3.63, 3.8) is 0 Å². The van der Waals surface area contributed by atoms with Gasteiger partial charge in [0.15, 0.2) is 0 Å². The first-order valence-electron chi connectivity index (χ1n) is 4.51. The number of ether oxygens (including phenoxy) is 1. The van der Waals surface area contributed by atoms with Crippen LogP contribution in [0.1, 0.15) is 19.4 Å². The lowest BCUT2D eigenvalue weighted by Crippen LogP contribution is -2.20. The minimum atomic E-state index is -0.157. The maximum absolute atomic E-state index is 5.19. The molecule has 0 saturated heterocycles. The largest absolute Gasteiger partial charge is 0.501 e. The predicted octanol–water partition coefficient (Wildman–Crippen LogP) is 3.41. The number of methoxy groups -OCH3 is 1. The Hall–Kier alpha value is -0.890. The average molecular weight is 208 g/mol. The summed E-state index contributed by atoms with van der Waals surface area (Å²) in [5.41, 5.74) is 1.03. The Morgan fingerprint density at radius 1 is 1.29 bits per heavy atom. The molecule has 0 aliphatic carbocycles. The Labute approximate surface area is 91.2 Å². The second kappa shape index (κ2) is 4.09. The van der Waals surface area contributed by atoms with Gasteiger partial charge < -0.3 is 4.74 Å². The normalized spacial score (nSPS) is 11.1. The van der Waals surface area contributed by atoms with Gasteiger partial charge in [-0.3, -0.25) is 0 Å². The fraction of sp³-hybridized carbons (Fsp3) is 0.333. The summed E-state index contributed by atoms with van der Waals surface area (Å²) in [6.07, 6.45) is 0. The van der Waals surface area contributed by atoms with Crippen molar-refractivity contribution in [2.45, 2.75) is 24.2 Å². The number of thiol groups is 1. The van der Waals surface area contributed by atoms with E-state index in [0.29, 0.717) is 0 Å². The van der Waals surface area contributed by atoms with E-state index in [2.05, 4.69) is 33.1 Å². The molecule has 0 fully saturated rings. The highest BCUT2D eigenvalue weighted by atomic mass is 32.1. The SMILES string of the molecule is C=C(OC)C(C)(C)c1ccc(S)cc1. The molecule has 1 rings (SSSR count). The summed E-state index contributed by atoms with van der Waals surface area (Å²) >= 11 is 4.25. The van der Waals surface area contributed by atoms with Crippen LogP contribution in [0.5, 0.6) is 0 Å². The topological polar surface area (TPSA) is 9.23 Å². The van der Waals surface area contributed by atoms with E-state index >= 15 is 0 Å². The smallest absolute Gasteiger partial charge is 0.0983 e. The van der Waals surface area contributed by atoms with E-state index in [0.717, 1.165) is 10.7 Å². The van der Waals surface area contributed by atoms with Crippen LogP contribution in [0.15, 0.2) is 41.5 Å². The van der Waals surface area contributed by atoms with Crippen LogP contribution in [-0.2, 0) is 10.2 Å². The Morgan fingerprint density at radius 3 is 2.21 bits per heavy atom. The molecule has 76 valence electrons. The van der Waals surface area contributed by atoms with Crippen LogP contribution in [-0.4, -0.2) is 7.11 Å².